The highest BCUT2D eigenvalue weighted by Crippen LogP contribution is 2.25. The molecule has 0 saturated heterocycles. The van der Waals surface area contributed by atoms with Crippen molar-refractivity contribution in [2.45, 2.75) is 26.3 Å². The number of rotatable bonds is 3. The zero-order valence-electron chi connectivity index (χ0n) is 11.1. The van der Waals surface area contributed by atoms with E-state index >= 15 is 0 Å². The molecule has 0 aliphatic rings. The Kier molecular flexibility index (Phi) is 4.51. The quantitative estimate of drug-likeness (QED) is 0.860. The van der Waals surface area contributed by atoms with Crippen molar-refractivity contribution in [3.63, 3.8) is 0 Å². The molecule has 0 saturated carbocycles. The van der Waals surface area contributed by atoms with Crippen LogP contribution in [0.5, 0.6) is 0 Å². The molecule has 2 rings (SSSR count). The molecule has 0 radical (unpaired) electrons. The van der Waals surface area contributed by atoms with Crippen molar-refractivity contribution in [1.29, 1.82) is 0 Å². The summed E-state index contributed by atoms with van der Waals surface area (Å²) < 4.78 is 0. The highest BCUT2D eigenvalue weighted by Gasteiger charge is 2.09. The molecule has 2 N–H and O–H groups in total. The third kappa shape index (κ3) is 3.73. The molecule has 1 nitrogen and oxygen atoms in total. The standard InChI is InChI=1S/C16H17Cl2N/c1-10-5-11(2)7-13(6-10)16(19)9-12-3-4-14(17)15(18)8-12/h3-8,16H,9,19H2,1-2H3. The van der Waals surface area contributed by atoms with Crippen molar-refractivity contribution < 1.29 is 0 Å². The van der Waals surface area contributed by atoms with Crippen molar-refractivity contribution in [2.24, 2.45) is 5.73 Å². The van der Waals surface area contributed by atoms with Gasteiger partial charge in [0, 0.05) is 6.04 Å². The summed E-state index contributed by atoms with van der Waals surface area (Å²) >= 11 is 11.9. The fraction of sp³-hybridized carbons (Fsp3) is 0.250. The van der Waals surface area contributed by atoms with Gasteiger partial charge in [0.2, 0.25) is 0 Å². The first-order chi connectivity index (χ1) is 8.95. The zero-order chi connectivity index (χ0) is 14.0. The van der Waals surface area contributed by atoms with Crippen LogP contribution >= 0.6 is 23.2 Å². The van der Waals surface area contributed by atoms with Crippen LogP contribution in [0.25, 0.3) is 0 Å². The lowest BCUT2D eigenvalue weighted by Gasteiger charge is -2.14. The third-order valence-electron chi connectivity index (χ3n) is 3.11. The average molecular weight is 294 g/mol. The van der Waals surface area contributed by atoms with E-state index in [1.807, 2.05) is 18.2 Å². The smallest absolute Gasteiger partial charge is 0.0595 e. The molecule has 0 heterocycles. The maximum absolute atomic E-state index is 6.28. The maximum atomic E-state index is 6.28. The van der Waals surface area contributed by atoms with E-state index in [0.717, 1.165) is 17.5 Å². The second-order valence-electron chi connectivity index (χ2n) is 4.98. The molecule has 100 valence electrons. The van der Waals surface area contributed by atoms with Gasteiger partial charge in [0.05, 0.1) is 10.0 Å². The number of hydrogen-bond donors (Lipinski definition) is 1. The molecule has 2 aromatic carbocycles. The Labute approximate surface area is 124 Å². The molecule has 1 unspecified atom stereocenters. The minimum absolute atomic E-state index is 0.0316. The molecular formula is C16H17Cl2N. The van der Waals surface area contributed by atoms with Gasteiger partial charge >= 0.3 is 0 Å². The van der Waals surface area contributed by atoms with Gasteiger partial charge in [-0.05, 0) is 43.5 Å². The van der Waals surface area contributed by atoms with Crippen molar-refractivity contribution in [3.8, 4) is 0 Å². The van der Waals surface area contributed by atoms with Crippen LogP contribution in [-0.2, 0) is 6.42 Å². The summed E-state index contributed by atoms with van der Waals surface area (Å²) in [5, 5.41) is 1.15. The van der Waals surface area contributed by atoms with Gasteiger partial charge in [0.15, 0.2) is 0 Å². The van der Waals surface area contributed by atoms with Gasteiger partial charge in [0.25, 0.3) is 0 Å². The van der Waals surface area contributed by atoms with Crippen LogP contribution in [0.1, 0.15) is 28.3 Å². The van der Waals surface area contributed by atoms with Crippen LogP contribution in [0, 0.1) is 13.8 Å². The number of aryl methyl sites for hydroxylation is 2. The Morgan fingerprint density at radius 2 is 1.58 bits per heavy atom. The van der Waals surface area contributed by atoms with Gasteiger partial charge in [-0.2, -0.15) is 0 Å². The minimum Gasteiger partial charge on any atom is -0.324 e. The van der Waals surface area contributed by atoms with E-state index < -0.39 is 0 Å². The van der Waals surface area contributed by atoms with E-state index in [9.17, 15) is 0 Å². The van der Waals surface area contributed by atoms with Crippen molar-refractivity contribution in [3.05, 3.63) is 68.7 Å². The van der Waals surface area contributed by atoms with Gasteiger partial charge in [-0.25, -0.2) is 0 Å². The van der Waals surface area contributed by atoms with Crippen LogP contribution < -0.4 is 5.73 Å². The van der Waals surface area contributed by atoms with E-state index in [2.05, 4.69) is 32.0 Å². The molecule has 0 spiro atoms. The van der Waals surface area contributed by atoms with E-state index in [0.29, 0.717) is 10.0 Å². The lowest BCUT2D eigenvalue weighted by atomic mass is 9.97. The lowest BCUT2D eigenvalue weighted by molar-refractivity contribution is 0.720. The topological polar surface area (TPSA) is 26.0 Å². The molecule has 19 heavy (non-hydrogen) atoms. The molecule has 3 heteroatoms. The molecule has 1 atom stereocenters. The first-order valence-corrected chi connectivity index (χ1v) is 6.99. The van der Waals surface area contributed by atoms with Crippen molar-refractivity contribution in [1.82, 2.24) is 0 Å². The monoisotopic (exact) mass is 293 g/mol. The molecule has 0 aliphatic heterocycles. The van der Waals surface area contributed by atoms with E-state index in [1.54, 1.807) is 0 Å². The van der Waals surface area contributed by atoms with E-state index in [4.69, 9.17) is 28.9 Å². The predicted octanol–water partition coefficient (Wildman–Crippen LogP) is 4.85. The SMILES string of the molecule is Cc1cc(C)cc(C(N)Cc2ccc(Cl)c(Cl)c2)c1. The molecule has 0 amide bonds. The van der Waals surface area contributed by atoms with Gasteiger partial charge in [-0.1, -0.05) is 58.6 Å². The average Bonchev–Trinajstić information content (AvgIpc) is 2.32. The first-order valence-electron chi connectivity index (χ1n) is 6.23. The van der Waals surface area contributed by atoms with Gasteiger partial charge in [-0.15, -0.1) is 0 Å². The van der Waals surface area contributed by atoms with Crippen LogP contribution in [0.3, 0.4) is 0 Å². The summed E-state index contributed by atoms with van der Waals surface area (Å²) in [6, 6.07) is 12.0. The molecule has 0 aromatic heterocycles. The second-order valence-corrected chi connectivity index (χ2v) is 5.79. The number of nitrogens with two attached hydrogens (primary N) is 1. The Morgan fingerprint density at radius 3 is 2.16 bits per heavy atom. The molecule has 2 aromatic rings. The predicted molar refractivity (Wildman–Crippen MR) is 83.0 cm³/mol. The van der Waals surface area contributed by atoms with E-state index in [1.165, 1.54) is 11.1 Å². The fourth-order valence-electron chi connectivity index (χ4n) is 2.26. The minimum atomic E-state index is -0.0316. The summed E-state index contributed by atoms with van der Waals surface area (Å²) in [5.74, 6) is 0. The van der Waals surface area contributed by atoms with Crippen molar-refractivity contribution in [2.75, 3.05) is 0 Å². The number of benzene rings is 2. The van der Waals surface area contributed by atoms with Gasteiger partial charge < -0.3 is 5.73 Å². The molecule has 0 aliphatic carbocycles. The van der Waals surface area contributed by atoms with Crippen LogP contribution in [0.4, 0.5) is 0 Å². The Bertz CT molecular complexity index is 573. The summed E-state index contributed by atoms with van der Waals surface area (Å²) in [6.45, 7) is 4.17. The Morgan fingerprint density at radius 1 is 0.947 bits per heavy atom. The zero-order valence-corrected chi connectivity index (χ0v) is 12.6. The molecule has 0 fully saturated rings. The molecule has 0 bridgehead atoms. The summed E-state index contributed by atoms with van der Waals surface area (Å²) in [6.07, 6.45) is 0.750. The van der Waals surface area contributed by atoms with Gasteiger partial charge in [-0.3, -0.25) is 0 Å². The third-order valence-corrected chi connectivity index (χ3v) is 3.85. The van der Waals surface area contributed by atoms with Gasteiger partial charge in [0.1, 0.15) is 0 Å². The number of halogens is 2. The second kappa shape index (κ2) is 5.96. The largest absolute Gasteiger partial charge is 0.324 e. The Balaban J connectivity index is 2.20. The fourth-order valence-corrected chi connectivity index (χ4v) is 2.58. The number of hydrogen-bond acceptors (Lipinski definition) is 1. The van der Waals surface area contributed by atoms with Crippen LogP contribution in [0.15, 0.2) is 36.4 Å². The van der Waals surface area contributed by atoms with Crippen LogP contribution in [0.2, 0.25) is 10.0 Å². The molecular weight excluding hydrogens is 277 g/mol. The highest BCUT2D eigenvalue weighted by atomic mass is 35.5. The maximum Gasteiger partial charge on any atom is 0.0595 e. The summed E-state index contributed by atoms with van der Waals surface area (Å²) in [5.41, 5.74) is 11.0. The van der Waals surface area contributed by atoms with Crippen LogP contribution in [-0.4, -0.2) is 0 Å². The van der Waals surface area contributed by atoms with E-state index in [-0.39, 0.29) is 6.04 Å². The summed E-state index contributed by atoms with van der Waals surface area (Å²) in [7, 11) is 0. The van der Waals surface area contributed by atoms with Crippen molar-refractivity contribution >= 4 is 23.2 Å². The normalized spacial score (nSPS) is 12.5. The Hall–Kier alpha value is -1.02. The summed E-state index contributed by atoms with van der Waals surface area (Å²) in [4.78, 5) is 0. The first kappa shape index (κ1) is 14.4. The highest BCUT2D eigenvalue weighted by molar-refractivity contribution is 6.42. The lowest BCUT2D eigenvalue weighted by Crippen LogP contribution is -2.13.